The van der Waals surface area contributed by atoms with Crippen molar-refractivity contribution in [2.45, 2.75) is 62.2 Å². The first-order valence-electron chi connectivity index (χ1n) is 13.9. The summed E-state index contributed by atoms with van der Waals surface area (Å²) in [6, 6.07) is -1.20. The van der Waals surface area contributed by atoms with Crippen molar-refractivity contribution in [2.75, 3.05) is 40.3 Å². The van der Waals surface area contributed by atoms with Gasteiger partial charge in [-0.2, -0.15) is 0 Å². The maximum Gasteiger partial charge on any atom is 0.261 e. The third-order valence-corrected chi connectivity index (χ3v) is 8.08. The molecule has 1 amide bonds. The van der Waals surface area contributed by atoms with Gasteiger partial charge in [-0.3, -0.25) is 9.69 Å². The van der Waals surface area contributed by atoms with Crippen molar-refractivity contribution >= 4 is 17.7 Å². The predicted molar refractivity (Wildman–Crippen MR) is 156 cm³/mol. The van der Waals surface area contributed by atoms with Crippen molar-refractivity contribution in [3.63, 3.8) is 0 Å². The van der Waals surface area contributed by atoms with Gasteiger partial charge in [-0.25, -0.2) is 8.78 Å². The molecule has 3 aliphatic heterocycles. The first-order valence-corrected chi connectivity index (χ1v) is 14.8. The molecular formula is C30H39F2N5O2S. The number of carbonyl (C=O) groups excluding carboxylic acids is 1. The number of amides is 1. The van der Waals surface area contributed by atoms with E-state index in [1.165, 1.54) is 50.4 Å². The number of likely N-dealkylation sites (tertiary alicyclic amines) is 1. The molecule has 7 nitrogen and oxygen atoms in total. The molecule has 0 spiro atoms. The number of nitrogens with zero attached hydrogens (tertiary/aromatic N) is 2. The highest BCUT2D eigenvalue weighted by atomic mass is 32.2. The number of allylic oxidation sites excluding steroid dienone is 3. The highest BCUT2D eigenvalue weighted by molar-refractivity contribution is 8.00. The Balaban J connectivity index is 1.61. The number of ether oxygens (including phenoxy) is 1. The zero-order valence-corrected chi connectivity index (χ0v) is 24.3. The number of halogens is 2. The highest BCUT2D eigenvalue weighted by Crippen LogP contribution is 2.33. The summed E-state index contributed by atoms with van der Waals surface area (Å²) in [5, 5.41) is 4.96. The van der Waals surface area contributed by atoms with Gasteiger partial charge in [0.2, 0.25) is 0 Å². The molecule has 3 heterocycles. The summed E-state index contributed by atoms with van der Waals surface area (Å²) in [6.07, 6.45) is 7.90. The molecule has 216 valence electrons. The average molecular weight is 572 g/mol. The van der Waals surface area contributed by atoms with Crippen LogP contribution in [0.2, 0.25) is 0 Å². The zero-order valence-electron chi connectivity index (χ0n) is 23.4. The quantitative estimate of drug-likeness (QED) is 0.305. The molecule has 4 N–H and O–H groups in total. The van der Waals surface area contributed by atoms with Gasteiger partial charge in [-0.15, -0.1) is 11.8 Å². The first-order chi connectivity index (χ1) is 19.2. The van der Waals surface area contributed by atoms with E-state index in [-0.39, 0.29) is 17.8 Å². The Morgan fingerprint density at radius 2 is 2.05 bits per heavy atom. The van der Waals surface area contributed by atoms with Gasteiger partial charge >= 0.3 is 0 Å². The van der Waals surface area contributed by atoms with Crippen LogP contribution in [-0.2, 0) is 9.53 Å². The second-order valence-corrected chi connectivity index (χ2v) is 12.0. The Hall–Kier alpha value is -2.92. The van der Waals surface area contributed by atoms with Gasteiger partial charge in [0.25, 0.3) is 12.3 Å². The Bertz CT molecular complexity index is 1200. The van der Waals surface area contributed by atoms with Crippen LogP contribution in [0.5, 0.6) is 0 Å². The molecule has 40 heavy (non-hydrogen) atoms. The van der Waals surface area contributed by atoms with E-state index in [0.717, 1.165) is 25.9 Å². The predicted octanol–water partition coefficient (Wildman–Crippen LogP) is 3.15. The molecule has 4 aliphatic rings. The van der Waals surface area contributed by atoms with E-state index in [9.17, 15) is 13.6 Å². The van der Waals surface area contributed by atoms with Crippen LogP contribution in [0.15, 0.2) is 46.5 Å². The van der Waals surface area contributed by atoms with E-state index in [0.29, 0.717) is 40.6 Å². The van der Waals surface area contributed by atoms with E-state index in [1.54, 1.807) is 6.08 Å². The maximum atomic E-state index is 13.7. The van der Waals surface area contributed by atoms with Crippen molar-refractivity contribution in [1.82, 2.24) is 20.4 Å². The summed E-state index contributed by atoms with van der Waals surface area (Å²) < 4.78 is 32.9. The number of nitrogens with one attached hydrogen (secondary N) is 2. The fraction of sp³-hybridized carbons (Fsp3) is 0.567. The molecule has 1 saturated heterocycles. The van der Waals surface area contributed by atoms with Crippen LogP contribution in [0.3, 0.4) is 0 Å². The smallest absolute Gasteiger partial charge is 0.261 e. The molecular weight excluding hydrogens is 532 g/mol. The van der Waals surface area contributed by atoms with Gasteiger partial charge < -0.3 is 26.0 Å². The number of hydrogen-bond acceptors (Lipinski definition) is 7. The second-order valence-electron chi connectivity index (χ2n) is 10.5. The maximum absolute atomic E-state index is 13.7. The largest absolute Gasteiger partial charge is 0.495 e. The van der Waals surface area contributed by atoms with Crippen molar-refractivity contribution in [3.8, 4) is 23.7 Å². The van der Waals surface area contributed by atoms with E-state index in [1.807, 2.05) is 18.9 Å². The molecule has 2 fully saturated rings. The molecule has 10 heteroatoms. The molecule has 4 rings (SSSR count). The van der Waals surface area contributed by atoms with Gasteiger partial charge in [0, 0.05) is 36.9 Å². The van der Waals surface area contributed by atoms with Gasteiger partial charge in [0.05, 0.1) is 24.7 Å². The number of alkyl halides is 2. The van der Waals surface area contributed by atoms with Gasteiger partial charge in [-0.1, -0.05) is 24.2 Å². The molecule has 0 aromatic carbocycles. The van der Waals surface area contributed by atoms with Crippen molar-refractivity contribution in [3.05, 3.63) is 46.5 Å². The zero-order chi connectivity index (χ0) is 28.6. The average Bonchev–Trinajstić information content (AvgIpc) is 3.77. The number of nitrogens with two attached hydrogens (primary N) is 1. The Labute approximate surface area is 240 Å². The molecule has 0 radical (unpaired) electrons. The molecule has 1 aliphatic carbocycles. The highest BCUT2D eigenvalue weighted by Gasteiger charge is 2.30. The van der Waals surface area contributed by atoms with Gasteiger partial charge in [0.15, 0.2) is 0 Å². The topological polar surface area (TPSA) is 82.9 Å². The summed E-state index contributed by atoms with van der Waals surface area (Å²) in [5.41, 5.74) is 8.26. The Morgan fingerprint density at radius 3 is 2.73 bits per heavy atom. The Morgan fingerprint density at radius 1 is 1.30 bits per heavy atom. The summed E-state index contributed by atoms with van der Waals surface area (Å²) in [6.45, 7) is 4.87. The normalized spacial score (nSPS) is 22.9. The number of rotatable bonds is 8. The molecule has 0 bridgehead atoms. The van der Waals surface area contributed by atoms with Gasteiger partial charge in [0.1, 0.15) is 17.2 Å². The fourth-order valence-corrected chi connectivity index (χ4v) is 5.50. The lowest BCUT2D eigenvalue weighted by Gasteiger charge is -2.31. The summed E-state index contributed by atoms with van der Waals surface area (Å²) in [7, 11) is 3.35. The van der Waals surface area contributed by atoms with Crippen molar-refractivity contribution in [1.29, 1.82) is 0 Å². The summed E-state index contributed by atoms with van der Waals surface area (Å²) in [5.74, 6) is 13.3. The molecule has 0 aromatic rings. The van der Waals surface area contributed by atoms with E-state index >= 15 is 0 Å². The van der Waals surface area contributed by atoms with Crippen LogP contribution in [0.4, 0.5) is 8.78 Å². The SMILES string of the molecule is COC1=CNC(C(F)F)C=C1C1=C(C(=O)NC(C)SC(N)C#CC2CC2)CN(C)C(C#CCN2CCCCC2)=C1. The lowest BCUT2D eigenvalue weighted by atomic mass is 9.91. The first kappa shape index (κ1) is 30.0. The van der Waals surface area contributed by atoms with Gasteiger partial charge in [-0.05, 0) is 69.3 Å². The number of hydrogen-bond donors (Lipinski definition) is 3. The second kappa shape index (κ2) is 14.1. The number of likely N-dealkylation sites (N-methyl/N-ethyl adjacent to an activating group) is 1. The van der Waals surface area contributed by atoms with Crippen molar-refractivity contribution in [2.24, 2.45) is 11.7 Å². The van der Waals surface area contributed by atoms with E-state index < -0.39 is 17.8 Å². The fourth-order valence-electron chi connectivity index (χ4n) is 4.75. The van der Waals surface area contributed by atoms with Crippen LogP contribution >= 0.6 is 11.8 Å². The summed E-state index contributed by atoms with van der Waals surface area (Å²) >= 11 is 1.37. The standard InChI is InChI=1S/C30H39F2N5O2S/c1-20(40-28(33)12-11-21-9-10-21)35-30(38)25-19-36(2)22(8-7-15-37-13-5-4-6-14-37)16-23(25)24-17-26(29(31)32)34-18-27(24)39-3/h16-18,20-21,26,28-29,34H,4-6,9-10,13-15,19,33H2,1-3H3,(H,35,38). The van der Waals surface area contributed by atoms with E-state index in [2.05, 4.69) is 39.2 Å². The van der Waals surface area contributed by atoms with Crippen LogP contribution in [0, 0.1) is 29.6 Å². The van der Waals surface area contributed by atoms with Crippen LogP contribution < -0.4 is 16.4 Å². The minimum absolute atomic E-state index is 0.261. The number of carbonyl (C=O) groups is 1. The molecule has 0 aromatic heterocycles. The van der Waals surface area contributed by atoms with E-state index in [4.69, 9.17) is 10.5 Å². The number of thioether (sulfide) groups is 1. The molecule has 1 saturated carbocycles. The molecule has 3 unspecified atom stereocenters. The third-order valence-electron chi connectivity index (χ3n) is 7.15. The number of methoxy groups -OCH3 is 1. The number of piperidine rings is 1. The Kier molecular flexibility index (Phi) is 10.6. The van der Waals surface area contributed by atoms with Crippen LogP contribution in [0.1, 0.15) is 39.0 Å². The minimum atomic E-state index is -2.63. The molecule has 3 atom stereocenters. The monoisotopic (exact) mass is 571 g/mol. The van der Waals surface area contributed by atoms with Crippen molar-refractivity contribution < 1.29 is 18.3 Å². The lowest BCUT2D eigenvalue weighted by Crippen LogP contribution is -2.39. The van der Waals surface area contributed by atoms with Crippen LogP contribution in [0.25, 0.3) is 0 Å². The third kappa shape index (κ3) is 8.30. The van der Waals surface area contributed by atoms with Crippen LogP contribution in [-0.4, -0.2) is 79.3 Å². The number of dihydropyridines is 1. The minimum Gasteiger partial charge on any atom is -0.495 e. The summed E-state index contributed by atoms with van der Waals surface area (Å²) in [4.78, 5) is 17.8. The lowest BCUT2D eigenvalue weighted by molar-refractivity contribution is -0.117.